The summed E-state index contributed by atoms with van der Waals surface area (Å²) < 4.78 is 0. The molecule has 0 bridgehead atoms. The summed E-state index contributed by atoms with van der Waals surface area (Å²) in [4.78, 5) is 15.6. The number of phenolic OH excluding ortho intramolecular Hbond substituents is 1. The highest BCUT2D eigenvalue weighted by Gasteiger charge is 2.14. The average Bonchev–Trinajstić information content (AvgIpc) is 3.01. The maximum absolute atomic E-state index is 12.4. The molecule has 3 aromatic carbocycles. The summed E-state index contributed by atoms with van der Waals surface area (Å²) in [5.41, 5.74) is 2.76. The molecule has 1 aromatic heterocycles. The highest BCUT2D eigenvalue weighted by atomic mass is 16.3. The van der Waals surface area contributed by atoms with Crippen LogP contribution in [0, 0.1) is 0 Å². The van der Waals surface area contributed by atoms with Crippen molar-refractivity contribution in [3.8, 4) is 5.75 Å². The highest BCUT2D eigenvalue weighted by Crippen LogP contribution is 2.33. The number of aromatic nitrogens is 1. The van der Waals surface area contributed by atoms with Crippen LogP contribution in [0.15, 0.2) is 72.8 Å². The predicted molar refractivity (Wildman–Crippen MR) is 97.3 cm³/mol. The van der Waals surface area contributed by atoms with Crippen LogP contribution in [0.4, 0.5) is 0 Å². The van der Waals surface area contributed by atoms with Gasteiger partial charge in [0.25, 0.3) is 0 Å². The maximum atomic E-state index is 12.4. The van der Waals surface area contributed by atoms with E-state index in [0.29, 0.717) is 11.1 Å². The molecule has 1 heterocycles. The van der Waals surface area contributed by atoms with Gasteiger partial charge in [-0.1, -0.05) is 60.7 Å². The third-order valence-electron chi connectivity index (χ3n) is 4.15. The predicted octanol–water partition coefficient (Wildman–Crippen LogP) is 4.92. The largest absolute Gasteiger partial charge is 0.505 e. The first-order valence-electron chi connectivity index (χ1n) is 7.74. The van der Waals surface area contributed by atoms with Crippen LogP contribution >= 0.6 is 0 Å². The number of para-hydroxylation sites is 1. The van der Waals surface area contributed by atoms with Gasteiger partial charge in [0.1, 0.15) is 0 Å². The van der Waals surface area contributed by atoms with Gasteiger partial charge in [-0.3, -0.25) is 4.79 Å². The van der Waals surface area contributed by atoms with Crippen LogP contribution in [0.1, 0.15) is 15.9 Å². The zero-order valence-electron chi connectivity index (χ0n) is 12.9. The molecule has 0 aliphatic heterocycles. The lowest BCUT2D eigenvalue weighted by atomic mass is 10.0. The second-order valence-electron chi connectivity index (χ2n) is 5.66. The minimum atomic E-state index is -0.225. The van der Waals surface area contributed by atoms with E-state index in [-0.39, 0.29) is 11.5 Å². The van der Waals surface area contributed by atoms with E-state index in [1.807, 2.05) is 60.7 Å². The van der Waals surface area contributed by atoms with Gasteiger partial charge in [-0.05, 0) is 23.8 Å². The van der Waals surface area contributed by atoms with E-state index in [4.69, 9.17) is 0 Å². The molecular formula is C21H15NO2. The SMILES string of the molecule is O=C(C=Cc1ccccc1)c1ccc2c([nH]c3ccccc32)c1O. The first kappa shape index (κ1) is 14.3. The third-order valence-corrected chi connectivity index (χ3v) is 4.15. The Balaban J connectivity index is 1.77. The molecule has 0 amide bonds. The third kappa shape index (κ3) is 2.36. The molecule has 24 heavy (non-hydrogen) atoms. The van der Waals surface area contributed by atoms with Crippen LogP contribution in [0.25, 0.3) is 27.9 Å². The number of carbonyl (C=O) groups is 1. The Morgan fingerprint density at radius 2 is 1.62 bits per heavy atom. The number of phenols is 1. The fourth-order valence-corrected chi connectivity index (χ4v) is 2.93. The topological polar surface area (TPSA) is 53.1 Å². The number of aromatic amines is 1. The zero-order valence-corrected chi connectivity index (χ0v) is 12.9. The van der Waals surface area contributed by atoms with E-state index >= 15 is 0 Å². The molecule has 0 aliphatic rings. The van der Waals surface area contributed by atoms with E-state index in [1.165, 1.54) is 6.08 Å². The van der Waals surface area contributed by atoms with Gasteiger partial charge >= 0.3 is 0 Å². The molecule has 116 valence electrons. The van der Waals surface area contributed by atoms with Gasteiger partial charge in [-0.2, -0.15) is 0 Å². The van der Waals surface area contributed by atoms with Gasteiger partial charge in [-0.25, -0.2) is 0 Å². The van der Waals surface area contributed by atoms with E-state index in [9.17, 15) is 9.90 Å². The molecule has 2 N–H and O–H groups in total. The number of aromatic hydroxyl groups is 1. The minimum Gasteiger partial charge on any atom is -0.505 e. The van der Waals surface area contributed by atoms with Crippen molar-refractivity contribution in [2.24, 2.45) is 0 Å². The number of hydrogen-bond acceptors (Lipinski definition) is 2. The van der Waals surface area contributed by atoms with Crippen molar-refractivity contribution in [1.82, 2.24) is 4.98 Å². The van der Waals surface area contributed by atoms with Gasteiger partial charge in [0.2, 0.25) is 0 Å². The smallest absolute Gasteiger partial charge is 0.189 e. The summed E-state index contributed by atoms with van der Waals surface area (Å²) in [6, 6.07) is 21.0. The number of rotatable bonds is 3. The molecule has 0 fully saturated rings. The van der Waals surface area contributed by atoms with E-state index in [0.717, 1.165) is 21.9 Å². The van der Waals surface area contributed by atoms with Crippen molar-refractivity contribution >= 4 is 33.7 Å². The van der Waals surface area contributed by atoms with E-state index < -0.39 is 0 Å². The second kappa shape index (κ2) is 5.70. The number of H-pyrrole nitrogens is 1. The van der Waals surface area contributed by atoms with Gasteiger partial charge in [0, 0.05) is 16.3 Å². The lowest BCUT2D eigenvalue weighted by Gasteiger charge is -2.02. The van der Waals surface area contributed by atoms with E-state index in [2.05, 4.69) is 4.98 Å². The normalized spacial score (nSPS) is 11.5. The van der Waals surface area contributed by atoms with Crippen molar-refractivity contribution in [2.75, 3.05) is 0 Å². The lowest BCUT2D eigenvalue weighted by Crippen LogP contribution is -1.95. The molecule has 3 heteroatoms. The summed E-state index contributed by atoms with van der Waals surface area (Å²) in [6.45, 7) is 0. The van der Waals surface area contributed by atoms with Gasteiger partial charge in [0.15, 0.2) is 11.5 Å². The van der Waals surface area contributed by atoms with E-state index in [1.54, 1.807) is 12.1 Å². The number of fused-ring (bicyclic) bond motifs is 3. The Morgan fingerprint density at radius 1 is 0.875 bits per heavy atom. The molecule has 0 spiro atoms. The highest BCUT2D eigenvalue weighted by molar-refractivity contribution is 6.15. The number of benzene rings is 3. The fourth-order valence-electron chi connectivity index (χ4n) is 2.93. The summed E-state index contributed by atoms with van der Waals surface area (Å²) in [7, 11) is 0. The number of hydrogen-bond donors (Lipinski definition) is 2. The molecule has 0 aliphatic carbocycles. The first-order valence-corrected chi connectivity index (χ1v) is 7.74. The van der Waals surface area contributed by atoms with Gasteiger partial charge in [0.05, 0.1) is 11.1 Å². The standard InChI is InChI=1S/C21H15NO2/c23-19(13-10-14-6-2-1-3-7-14)17-12-11-16-15-8-4-5-9-18(15)22-20(16)21(17)24/h1-13,22,24H. The Kier molecular flexibility index (Phi) is 3.39. The first-order chi connectivity index (χ1) is 11.7. The Labute approximate surface area is 138 Å². The summed E-state index contributed by atoms with van der Waals surface area (Å²) in [6.07, 6.45) is 3.23. The fraction of sp³-hybridized carbons (Fsp3) is 0. The van der Waals surface area contributed by atoms with Crippen LogP contribution in [0.3, 0.4) is 0 Å². The molecule has 0 saturated carbocycles. The monoisotopic (exact) mass is 313 g/mol. The quantitative estimate of drug-likeness (QED) is 0.416. The summed E-state index contributed by atoms with van der Waals surface area (Å²) >= 11 is 0. The number of ketones is 1. The minimum absolute atomic E-state index is 0.00795. The number of allylic oxidation sites excluding steroid dienone is 1. The zero-order chi connectivity index (χ0) is 16.5. The lowest BCUT2D eigenvalue weighted by molar-refractivity contribution is 0.104. The number of nitrogens with one attached hydrogen (secondary N) is 1. The number of carbonyl (C=O) groups excluding carboxylic acids is 1. The Bertz CT molecular complexity index is 1080. The molecule has 4 rings (SSSR count). The van der Waals surface area contributed by atoms with Crippen LogP contribution in [0.2, 0.25) is 0 Å². The molecule has 0 radical (unpaired) electrons. The van der Waals surface area contributed by atoms with Crippen molar-refractivity contribution in [3.05, 3.63) is 83.9 Å². The van der Waals surface area contributed by atoms with Crippen molar-refractivity contribution in [3.63, 3.8) is 0 Å². The van der Waals surface area contributed by atoms with Crippen molar-refractivity contribution < 1.29 is 9.90 Å². The Morgan fingerprint density at radius 3 is 2.46 bits per heavy atom. The maximum Gasteiger partial charge on any atom is 0.189 e. The summed E-state index contributed by atoms with van der Waals surface area (Å²) in [5, 5.41) is 12.5. The molecule has 0 unspecified atom stereocenters. The van der Waals surface area contributed by atoms with Crippen molar-refractivity contribution in [2.45, 2.75) is 0 Å². The van der Waals surface area contributed by atoms with Gasteiger partial charge < -0.3 is 10.1 Å². The Hall–Kier alpha value is -3.33. The molecule has 3 nitrogen and oxygen atoms in total. The molecule has 4 aromatic rings. The van der Waals surface area contributed by atoms with Crippen LogP contribution in [0.5, 0.6) is 5.75 Å². The molecular weight excluding hydrogens is 298 g/mol. The van der Waals surface area contributed by atoms with Crippen LogP contribution < -0.4 is 0 Å². The summed E-state index contributed by atoms with van der Waals surface area (Å²) in [5.74, 6) is -0.233. The second-order valence-corrected chi connectivity index (χ2v) is 5.66. The van der Waals surface area contributed by atoms with Crippen LogP contribution in [-0.2, 0) is 0 Å². The van der Waals surface area contributed by atoms with Gasteiger partial charge in [-0.15, -0.1) is 0 Å². The van der Waals surface area contributed by atoms with Crippen molar-refractivity contribution in [1.29, 1.82) is 0 Å². The molecule has 0 atom stereocenters. The average molecular weight is 313 g/mol. The van der Waals surface area contributed by atoms with Crippen LogP contribution in [-0.4, -0.2) is 15.9 Å². The molecule has 0 saturated heterocycles.